The van der Waals surface area contributed by atoms with Gasteiger partial charge in [-0.25, -0.2) is 4.79 Å². The molecule has 100 valence electrons. The molecule has 2 aromatic rings. The maximum absolute atomic E-state index is 11.8. The summed E-state index contributed by atoms with van der Waals surface area (Å²) in [5.74, 6) is -0.713. The Balaban J connectivity index is 2.05. The van der Waals surface area contributed by atoms with Crippen LogP contribution in [0.4, 0.5) is 0 Å². The van der Waals surface area contributed by atoms with Crippen LogP contribution in [0.5, 0.6) is 0 Å². The minimum Gasteiger partial charge on any atom is -0.467 e. The lowest BCUT2D eigenvalue weighted by molar-refractivity contribution is -0.144. The number of nitrogens with one attached hydrogen (secondary N) is 1. The number of amides is 1. The highest BCUT2D eigenvalue weighted by Crippen LogP contribution is 2.20. The Morgan fingerprint density at radius 3 is 2.84 bits per heavy atom. The van der Waals surface area contributed by atoms with Gasteiger partial charge < -0.3 is 14.5 Å². The third-order valence-corrected chi connectivity index (χ3v) is 2.84. The molecular formula is C14H15NO4. The zero-order valence-corrected chi connectivity index (χ0v) is 10.8. The van der Waals surface area contributed by atoms with E-state index < -0.39 is 12.0 Å². The molecule has 0 aliphatic heterocycles. The van der Waals surface area contributed by atoms with Gasteiger partial charge in [0.1, 0.15) is 11.6 Å². The molecule has 5 nitrogen and oxygen atoms in total. The van der Waals surface area contributed by atoms with Crippen molar-refractivity contribution in [3.05, 3.63) is 36.1 Å². The number of para-hydroxylation sites is 1. The molecule has 0 fully saturated rings. The van der Waals surface area contributed by atoms with Gasteiger partial charge in [0.2, 0.25) is 5.91 Å². The average Bonchev–Trinajstić information content (AvgIpc) is 2.81. The van der Waals surface area contributed by atoms with E-state index in [0.29, 0.717) is 0 Å². The van der Waals surface area contributed by atoms with E-state index in [-0.39, 0.29) is 12.3 Å². The summed E-state index contributed by atoms with van der Waals surface area (Å²) >= 11 is 0. The van der Waals surface area contributed by atoms with Gasteiger partial charge in [-0.2, -0.15) is 0 Å². The fourth-order valence-corrected chi connectivity index (χ4v) is 1.87. The summed E-state index contributed by atoms with van der Waals surface area (Å²) in [6.45, 7) is 1.58. The van der Waals surface area contributed by atoms with Gasteiger partial charge in [-0.15, -0.1) is 0 Å². The van der Waals surface area contributed by atoms with Crippen LogP contribution in [-0.2, 0) is 20.7 Å². The number of fused-ring (bicyclic) bond motifs is 1. The van der Waals surface area contributed by atoms with Gasteiger partial charge in [0.15, 0.2) is 0 Å². The molecule has 1 N–H and O–H groups in total. The number of carbonyl (C=O) groups excluding carboxylic acids is 2. The molecule has 0 radical (unpaired) electrons. The molecule has 0 saturated carbocycles. The van der Waals surface area contributed by atoms with Crippen molar-refractivity contribution in [1.82, 2.24) is 5.32 Å². The highest BCUT2D eigenvalue weighted by Gasteiger charge is 2.17. The molecule has 0 saturated heterocycles. The second kappa shape index (κ2) is 5.56. The van der Waals surface area contributed by atoms with Crippen molar-refractivity contribution in [1.29, 1.82) is 0 Å². The SMILES string of the molecule is COC(=O)C(C)NC(=O)Cc1coc2ccccc12. The second-order valence-corrected chi connectivity index (χ2v) is 4.25. The lowest BCUT2D eigenvalue weighted by Gasteiger charge is -2.10. The van der Waals surface area contributed by atoms with E-state index >= 15 is 0 Å². The van der Waals surface area contributed by atoms with Crippen molar-refractivity contribution in [2.45, 2.75) is 19.4 Å². The molecule has 19 heavy (non-hydrogen) atoms. The summed E-state index contributed by atoms with van der Waals surface area (Å²) in [7, 11) is 1.29. The monoisotopic (exact) mass is 261 g/mol. The molecule has 0 aliphatic carbocycles. The molecule has 1 aromatic heterocycles. The van der Waals surface area contributed by atoms with Crippen molar-refractivity contribution >= 4 is 22.8 Å². The molecule has 0 aliphatic rings. The quantitative estimate of drug-likeness (QED) is 0.850. The summed E-state index contributed by atoms with van der Waals surface area (Å²) < 4.78 is 9.90. The zero-order chi connectivity index (χ0) is 13.8. The van der Waals surface area contributed by atoms with E-state index in [1.807, 2.05) is 24.3 Å². The minimum atomic E-state index is -0.657. The molecule has 2 rings (SSSR count). The van der Waals surface area contributed by atoms with Crippen molar-refractivity contribution < 1.29 is 18.7 Å². The molecule has 0 spiro atoms. The maximum atomic E-state index is 11.8. The summed E-state index contributed by atoms with van der Waals surface area (Å²) in [6, 6.07) is 6.83. The number of methoxy groups -OCH3 is 1. The van der Waals surface area contributed by atoms with Crippen LogP contribution in [-0.4, -0.2) is 25.0 Å². The van der Waals surface area contributed by atoms with Gasteiger partial charge >= 0.3 is 5.97 Å². The number of carbonyl (C=O) groups is 2. The van der Waals surface area contributed by atoms with Gasteiger partial charge in [-0.05, 0) is 13.0 Å². The summed E-state index contributed by atoms with van der Waals surface area (Å²) in [5.41, 5.74) is 1.54. The highest BCUT2D eigenvalue weighted by molar-refractivity contribution is 5.89. The topological polar surface area (TPSA) is 68.5 Å². The largest absolute Gasteiger partial charge is 0.467 e. The number of hydrogen-bond acceptors (Lipinski definition) is 4. The second-order valence-electron chi connectivity index (χ2n) is 4.25. The fraction of sp³-hybridized carbons (Fsp3) is 0.286. The molecule has 0 bridgehead atoms. The fourth-order valence-electron chi connectivity index (χ4n) is 1.87. The smallest absolute Gasteiger partial charge is 0.328 e. The Kier molecular flexibility index (Phi) is 3.85. The van der Waals surface area contributed by atoms with E-state index in [1.54, 1.807) is 13.2 Å². The molecule has 5 heteroatoms. The normalized spacial score (nSPS) is 12.1. The van der Waals surface area contributed by atoms with Crippen LogP contribution >= 0.6 is 0 Å². The van der Waals surface area contributed by atoms with Crippen LogP contribution in [0.3, 0.4) is 0 Å². The number of esters is 1. The lowest BCUT2D eigenvalue weighted by Crippen LogP contribution is -2.39. The predicted molar refractivity (Wildman–Crippen MR) is 69.5 cm³/mol. The maximum Gasteiger partial charge on any atom is 0.328 e. The lowest BCUT2D eigenvalue weighted by atomic mass is 10.1. The zero-order valence-electron chi connectivity index (χ0n) is 10.8. The molecule has 1 aromatic carbocycles. The van der Waals surface area contributed by atoms with Crippen molar-refractivity contribution in [3.63, 3.8) is 0 Å². The molecule has 1 amide bonds. The Bertz CT molecular complexity index is 602. The standard InChI is InChI=1S/C14H15NO4/c1-9(14(17)18-2)15-13(16)7-10-8-19-12-6-4-3-5-11(10)12/h3-6,8-9H,7H2,1-2H3,(H,15,16). The Morgan fingerprint density at radius 1 is 1.37 bits per heavy atom. The minimum absolute atomic E-state index is 0.165. The first-order chi connectivity index (χ1) is 9.11. The van der Waals surface area contributed by atoms with Gasteiger partial charge in [0.05, 0.1) is 19.8 Å². The third kappa shape index (κ3) is 2.93. The van der Waals surface area contributed by atoms with E-state index in [9.17, 15) is 9.59 Å². The Labute approximate surface area is 110 Å². The number of rotatable bonds is 4. The van der Waals surface area contributed by atoms with Crippen LogP contribution in [0.2, 0.25) is 0 Å². The molecule has 1 unspecified atom stereocenters. The number of furan rings is 1. The van der Waals surface area contributed by atoms with E-state index in [1.165, 1.54) is 7.11 Å². The van der Waals surface area contributed by atoms with Gasteiger partial charge in [0, 0.05) is 10.9 Å². The number of hydrogen-bond donors (Lipinski definition) is 1. The number of benzene rings is 1. The van der Waals surface area contributed by atoms with E-state index in [2.05, 4.69) is 10.1 Å². The van der Waals surface area contributed by atoms with Crippen molar-refractivity contribution in [2.24, 2.45) is 0 Å². The van der Waals surface area contributed by atoms with Gasteiger partial charge in [0.25, 0.3) is 0 Å². The highest BCUT2D eigenvalue weighted by atomic mass is 16.5. The summed E-state index contributed by atoms with van der Waals surface area (Å²) in [6.07, 6.45) is 1.73. The van der Waals surface area contributed by atoms with E-state index in [0.717, 1.165) is 16.5 Å². The van der Waals surface area contributed by atoms with Crippen LogP contribution in [0.25, 0.3) is 11.0 Å². The van der Waals surface area contributed by atoms with Crippen LogP contribution in [0.1, 0.15) is 12.5 Å². The predicted octanol–water partition coefficient (Wildman–Crippen LogP) is 1.65. The van der Waals surface area contributed by atoms with Crippen LogP contribution in [0, 0.1) is 0 Å². The van der Waals surface area contributed by atoms with Gasteiger partial charge in [-0.3, -0.25) is 4.79 Å². The first kappa shape index (κ1) is 13.1. The third-order valence-electron chi connectivity index (χ3n) is 2.84. The molecular weight excluding hydrogens is 246 g/mol. The molecule has 1 atom stereocenters. The molecule has 1 heterocycles. The van der Waals surface area contributed by atoms with Crippen molar-refractivity contribution in [2.75, 3.05) is 7.11 Å². The first-order valence-corrected chi connectivity index (χ1v) is 5.94. The van der Waals surface area contributed by atoms with Crippen LogP contribution in [0.15, 0.2) is 34.9 Å². The Morgan fingerprint density at radius 2 is 2.11 bits per heavy atom. The summed E-state index contributed by atoms with van der Waals surface area (Å²) in [5, 5.41) is 3.48. The van der Waals surface area contributed by atoms with Crippen LogP contribution < -0.4 is 5.32 Å². The van der Waals surface area contributed by atoms with Gasteiger partial charge in [-0.1, -0.05) is 18.2 Å². The van der Waals surface area contributed by atoms with Crippen molar-refractivity contribution in [3.8, 4) is 0 Å². The number of ether oxygens (including phenoxy) is 1. The summed E-state index contributed by atoms with van der Waals surface area (Å²) in [4.78, 5) is 23.0. The average molecular weight is 261 g/mol. The first-order valence-electron chi connectivity index (χ1n) is 5.94. The Hall–Kier alpha value is -2.30. The van der Waals surface area contributed by atoms with E-state index in [4.69, 9.17) is 4.42 Å².